The van der Waals surface area contributed by atoms with Crippen LogP contribution in [0.3, 0.4) is 0 Å². The van der Waals surface area contributed by atoms with Gasteiger partial charge in [0.2, 0.25) is 5.91 Å². The lowest BCUT2D eigenvalue weighted by Crippen LogP contribution is -2.46. The third kappa shape index (κ3) is 3.09. The Morgan fingerprint density at radius 2 is 1.95 bits per heavy atom. The van der Waals surface area contributed by atoms with Crippen LogP contribution in [-0.2, 0) is 16.0 Å². The molecular formula is C13H12F3NO3. The maximum atomic E-state index is 12.4. The number of hydrogen-bond acceptors (Lipinski definition) is 2. The van der Waals surface area contributed by atoms with Crippen LogP contribution in [0.1, 0.15) is 17.0 Å². The number of halogens is 3. The van der Waals surface area contributed by atoms with E-state index in [0.717, 1.165) is 5.56 Å². The fraction of sp³-hybridized carbons (Fsp3) is 0.385. The molecule has 0 saturated heterocycles. The molecule has 1 unspecified atom stereocenters. The number of rotatable bonds is 4. The number of carboxylic acids is 1. The van der Waals surface area contributed by atoms with Gasteiger partial charge in [0.15, 0.2) is 0 Å². The lowest BCUT2D eigenvalue weighted by Gasteiger charge is -2.33. The molecule has 1 aliphatic carbocycles. The molecule has 1 aliphatic rings. The van der Waals surface area contributed by atoms with Crippen LogP contribution in [-0.4, -0.2) is 41.1 Å². The lowest BCUT2D eigenvalue weighted by molar-refractivity contribution is -0.166. The van der Waals surface area contributed by atoms with Crippen LogP contribution < -0.4 is 0 Å². The maximum Gasteiger partial charge on any atom is 0.406 e. The van der Waals surface area contributed by atoms with Crippen molar-refractivity contribution in [2.75, 3.05) is 13.1 Å². The van der Waals surface area contributed by atoms with Gasteiger partial charge in [0.1, 0.15) is 13.1 Å². The molecule has 7 heteroatoms. The fourth-order valence-corrected chi connectivity index (χ4v) is 2.29. The highest BCUT2D eigenvalue weighted by Gasteiger charge is 2.40. The van der Waals surface area contributed by atoms with E-state index in [-0.39, 0.29) is 0 Å². The van der Waals surface area contributed by atoms with Crippen LogP contribution in [0.5, 0.6) is 0 Å². The molecule has 0 heterocycles. The standard InChI is InChI=1S/C13H12F3NO3/c14-13(15,16)7-17(6-11(18)19)12(20)10-5-8-3-1-2-4-9(8)10/h1-4,10H,5-7H2,(H,18,19). The second kappa shape index (κ2) is 5.15. The average Bonchev–Trinajstić information content (AvgIpc) is 2.27. The Balaban J connectivity index is 2.14. The molecule has 1 atom stereocenters. The minimum Gasteiger partial charge on any atom is -0.480 e. The van der Waals surface area contributed by atoms with Crippen LogP contribution in [0.15, 0.2) is 24.3 Å². The van der Waals surface area contributed by atoms with E-state index >= 15 is 0 Å². The van der Waals surface area contributed by atoms with Crippen molar-refractivity contribution in [3.63, 3.8) is 0 Å². The number of nitrogens with zero attached hydrogens (tertiary/aromatic N) is 1. The molecule has 4 nitrogen and oxygen atoms in total. The molecule has 1 aromatic carbocycles. The molecule has 0 saturated carbocycles. The first-order valence-electron chi connectivity index (χ1n) is 5.93. The second-order valence-electron chi connectivity index (χ2n) is 4.66. The molecule has 0 fully saturated rings. The van der Waals surface area contributed by atoms with Gasteiger partial charge in [0, 0.05) is 0 Å². The Morgan fingerprint density at radius 3 is 2.50 bits per heavy atom. The molecule has 108 valence electrons. The van der Waals surface area contributed by atoms with E-state index in [1.807, 2.05) is 0 Å². The van der Waals surface area contributed by atoms with Crippen LogP contribution in [0.2, 0.25) is 0 Å². The van der Waals surface area contributed by atoms with E-state index in [9.17, 15) is 22.8 Å². The van der Waals surface area contributed by atoms with Gasteiger partial charge in [0.05, 0.1) is 5.92 Å². The van der Waals surface area contributed by atoms with E-state index in [0.29, 0.717) is 16.9 Å². The molecule has 20 heavy (non-hydrogen) atoms. The first-order chi connectivity index (χ1) is 9.28. The third-order valence-electron chi connectivity index (χ3n) is 3.16. The Morgan fingerprint density at radius 1 is 1.30 bits per heavy atom. The molecular weight excluding hydrogens is 275 g/mol. The molecule has 0 bridgehead atoms. The van der Waals surface area contributed by atoms with E-state index in [4.69, 9.17) is 5.11 Å². The number of benzene rings is 1. The van der Waals surface area contributed by atoms with Gasteiger partial charge in [-0.3, -0.25) is 9.59 Å². The Kier molecular flexibility index (Phi) is 3.69. The van der Waals surface area contributed by atoms with Crippen LogP contribution in [0.25, 0.3) is 0 Å². The summed E-state index contributed by atoms with van der Waals surface area (Å²) in [4.78, 5) is 23.0. The summed E-state index contributed by atoms with van der Waals surface area (Å²) in [5.74, 6) is -2.92. The highest BCUT2D eigenvalue weighted by molar-refractivity contribution is 5.89. The minimum atomic E-state index is -4.62. The summed E-state index contributed by atoms with van der Waals surface area (Å²) in [5, 5.41) is 8.64. The van der Waals surface area contributed by atoms with Crippen LogP contribution in [0, 0.1) is 0 Å². The van der Waals surface area contributed by atoms with Crippen molar-refractivity contribution < 1.29 is 27.9 Å². The van der Waals surface area contributed by atoms with Crippen LogP contribution >= 0.6 is 0 Å². The quantitative estimate of drug-likeness (QED) is 0.918. The van der Waals surface area contributed by atoms with E-state index < -0.39 is 37.1 Å². The summed E-state index contributed by atoms with van der Waals surface area (Å²) >= 11 is 0. The van der Waals surface area contributed by atoms with Gasteiger partial charge in [-0.1, -0.05) is 24.3 Å². The number of fused-ring (bicyclic) bond motifs is 1. The summed E-state index contributed by atoms with van der Waals surface area (Å²) < 4.78 is 37.2. The molecule has 0 radical (unpaired) electrons. The minimum absolute atomic E-state index is 0.350. The third-order valence-corrected chi connectivity index (χ3v) is 3.16. The zero-order valence-corrected chi connectivity index (χ0v) is 10.4. The van der Waals surface area contributed by atoms with Gasteiger partial charge in [-0.05, 0) is 17.5 Å². The maximum absolute atomic E-state index is 12.4. The SMILES string of the molecule is O=C(O)CN(CC(F)(F)F)C(=O)C1Cc2ccccc21. The van der Waals surface area contributed by atoms with Crippen molar-refractivity contribution in [3.8, 4) is 0 Å². The van der Waals surface area contributed by atoms with Gasteiger partial charge < -0.3 is 10.0 Å². The van der Waals surface area contributed by atoms with Crippen molar-refractivity contribution in [1.82, 2.24) is 4.90 Å². The predicted molar refractivity (Wildman–Crippen MR) is 63.2 cm³/mol. The summed E-state index contributed by atoms with van der Waals surface area (Å²) in [6, 6.07) is 6.95. The molecule has 0 aliphatic heterocycles. The number of aliphatic carboxylic acids is 1. The smallest absolute Gasteiger partial charge is 0.406 e. The van der Waals surface area contributed by atoms with Gasteiger partial charge in [-0.15, -0.1) is 0 Å². The lowest BCUT2D eigenvalue weighted by atomic mass is 9.77. The largest absolute Gasteiger partial charge is 0.480 e. The summed E-state index contributed by atoms with van der Waals surface area (Å²) in [5.41, 5.74) is 1.59. The summed E-state index contributed by atoms with van der Waals surface area (Å²) in [6.07, 6.45) is -4.27. The summed E-state index contributed by atoms with van der Waals surface area (Å²) in [7, 11) is 0. The topological polar surface area (TPSA) is 57.6 Å². The van der Waals surface area contributed by atoms with E-state index in [1.165, 1.54) is 0 Å². The summed E-state index contributed by atoms with van der Waals surface area (Å²) in [6.45, 7) is -2.49. The Bertz CT molecular complexity index is 542. The molecule has 1 aromatic rings. The van der Waals surface area contributed by atoms with Crippen molar-refractivity contribution in [2.24, 2.45) is 0 Å². The Hall–Kier alpha value is -2.05. The van der Waals surface area contributed by atoms with Gasteiger partial charge in [0.25, 0.3) is 0 Å². The number of carbonyl (C=O) groups excluding carboxylic acids is 1. The predicted octanol–water partition coefficient (Wildman–Crippen LogP) is 1.80. The zero-order valence-electron chi connectivity index (χ0n) is 10.4. The Labute approximate surface area is 112 Å². The normalized spacial score (nSPS) is 17.1. The number of hydrogen-bond donors (Lipinski definition) is 1. The van der Waals surface area contributed by atoms with Gasteiger partial charge in [-0.25, -0.2) is 0 Å². The first kappa shape index (κ1) is 14.4. The highest BCUT2D eigenvalue weighted by Crippen LogP contribution is 2.36. The molecule has 2 rings (SSSR count). The van der Waals surface area contributed by atoms with Gasteiger partial charge in [-0.2, -0.15) is 13.2 Å². The number of amides is 1. The monoisotopic (exact) mass is 287 g/mol. The molecule has 0 spiro atoms. The van der Waals surface area contributed by atoms with Crippen LogP contribution in [0.4, 0.5) is 13.2 Å². The molecule has 1 amide bonds. The molecule has 1 N–H and O–H groups in total. The van der Waals surface area contributed by atoms with Gasteiger partial charge >= 0.3 is 12.1 Å². The number of alkyl halides is 3. The van der Waals surface area contributed by atoms with Crippen molar-refractivity contribution in [2.45, 2.75) is 18.5 Å². The van der Waals surface area contributed by atoms with Crippen molar-refractivity contribution >= 4 is 11.9 Å². The molecule has 0 aromatic heterocycles. The number of carbonyl (C=O) groups is 2. The van der Waals surface area contributed by atoms with E-state index in [2.05, 4.69) is 0 Å². The highest BCUT2D eigenvalue weighted by atomic mass is 19.4. The van der Waals surface area contributed by atoms with E-state index in [1.54, 1.807) is 24.3 Å². The number of carboxylic acid groups (broad SMARTS) is 1. The fourth-order valence-electron chi connectivity index (χ4n) is 2.29. The zero-order chi connectivity index (χ0) is 14.9. The van der Waals surface area contributed by atoms with Crippen molar-refractivity contribution in [1.29, 1.82) is 0 Å². The second-order valence-corrected chi connectivity index (χ2v) is 4.66. The van der Waals surface area contributed by atoms with Crippen molar-refractivity contribution in [3.05, 3.63) is 35.4 Å². The average molecular weight is 287 g/mol. The first-order valence-corrected chi connectivity index (χ1v) is 5.93.